The van der Waals surface area contributed by atoms with Crippen molar-refractivity contribution in [2.45, 2.75) is 19.3 Å². The van der Waals surface area contributed by atoms with Crippen molar-refractivity contribution < 1.29 is 19.1 Å². The molecule has 8 nitrogen and oxygen atoms in total. The molecule has 1 fully saturated rings. The molecule has 0 saturated carbocycles. The number of fused-ring (bicyclic) bond motifs is 2. The smallest absolute Gasteiger partial charge is 0.275 e. The van der Waals surface area contributed by atoms with Gasteiger partial charge in [0.05, 0.1) is 6.54 Å². The van der Waals surface area contributed by atoms with Crippen LogP contribution in [-0.2, 0) is 13.1 Å². The minimum absolute atomic E-state index is 0.0952. The predicted molar refractivity (Wildman–Crippen MR) is 92.8 cm³/mol. The van der Waals surface area contributed by atoms with E-state index in [4.69, 9.17) is 0 Å². The number of aromatic nitrogens is 1. The Kier molecular flexibility index (Phi) is 4.15. The molecule has 140 valence electrons. The van der Waals surface area contributed by atoms with Crippen LogP contribution in [0, 0.1) is 5.82 Å². The number of carbonyl (C=O) groups excluding carboxylic acids is 2. The Morgan fingerprint density at radius 2 is 2.04 bits per heavy atom. The van der Waals surface area contributed by atoms with E-state index in [1.165, 1.54) is 35.0 Å². The van der Waals surface area contributed by atoms with Crippen molar-refractivity contribution in [1.82, 2.24) is 20.1 Å². The number of pyridine rings is 1. The van der Waals surface area contributed by atoms with Crippen LogP contribution in [0.15, 0.2) is 35.3 Å². The quantitative estimate of drug-likeness (QED) is 0.704. The van der Waals surface area contributed by atoms with Crippen molar-refractivity contribution in [2.75, 3.05) is 13.1 Å². The summed E-state index contributed by atoms with van der Waals surface area (Å²) in [6, 6.07) is 5.58. The van der Waals surface area contributed by atoms with E-state index < -0.39 is 23.0 Å². The van der Waals surface area contributed by atoms with Gasteiger partial charge < -0.3 is 19.9 Å². The Morgan fingerprint density at radius 3 is 2.78 bits per heavy atom. The molecule has 3 N–H and O–H groups in total. The number of nitrogens with zero attached hydrogens (tertiary/aromatic N) is 2. The number of benzene rings is 1. The van der Waals surface area contributed by atoms with Crippen molar-refractivity contribution >= 4 is 11.8 Å². The summed E-state index contributed by atoms with van der Waals surface area (Å²) in [5, 5.41) is 16.0. The van der Waals surface area contributed by atoms with E-state index in [0.29, 0.717) is 25.2 Å². The van der Waals surface area contributed by atoms with Crippen LogP contribution in [0.4, 0.5) is 4.39 Å². The number of amides is 2. The molecule has 4 rings (SSSR count). The molecular weight excluding hydrogens is 355 g/mol. The lowest BCUT2D eigenvalue weighted by molar-refractivity contribution is 0.0645. The molecule has 27 heavy (non-hydrogen) atoms. The number of aromatic hydroxyl groups is 1. The van der Waals surface area contributed by atoms with E-state index in [1.54, 1.807) is 4.90 Å². The van der Waals surface area contributed by atoms with Gasteiger partial charge >= 0.3 is 0 Å². The molecule has 2 amide bonds. The van der Waals surface area contributed by atoms with Gasteiger partial charge in [0.1, 0.15) is 17.5 Å². The number of hydrogen-bond acceptors (Lipinski definition) is 5. The van der Waals surface area contributed by atoms with Crippen LogP contribution in [0.1, 0.15) is 26.4 Å². The maximum Gasteiger partial charge on any atom is 0.275 e. The Morgan fingerprint density at radius 1 is 1.30 bits per heavy atom. The van der Waals surface area contributed by atoms with Crippen molar-refractivity contribution in [2.24, 2.45) is 0 Å². The van der Waals surface area contributed by atoms with Crippen LogP contribution in [0.2, 0.25) is 0 Å². The van der Waals surface area contributed by atoms with Crippen molar-refractivity contribution in [3.05, 3.63) is 63.3 Å². The fourth-order valence-corrected chi connectivity index (χ4v) is 3.41. The van der Waals surface area contributed by atoms with Gasteiger partial charge in [-0.3, -0.25) is 19.7 Å². The lowest BCUT2D eigenvalue weighted by Gasteiger charge is -2.32. The first kappa shape index (κ1) is 17.2. The first-order valence-corrected chi connectivity index (χ1v) is 8.49. The first-order valence-electron chi connectivity index (χ1n) is 8.49. The van der Waals surface area contributed by atoms with E-state index in [2.05, 4.69) is 10.6 Å². The number of hydrogen-bond donors (Lipinski definition) is 3. The highest BCUT2D eigenvalue weighted by molar-refractivity contribution is 5.99. The highest BCUT2D eigenvalue weighted by Crippen LogP contribution is 2.24. The van der Waals surface area contributed by atoms with Gasteiger partial charge in [-0.1, -0.05) is 12.1 Å². The van der Waals surface area contributed by atoms with Gasteiger partial charge in [0, 0.05) is 25.8 Å². The zero-order valence-electron chi connectivity index (χ0n) is 14.2. The summed E-state index contributed by atoms with van der Waals surface area (Å²) in [6.07, 6.45) is 1.06. The fourth-order valence-electron chi connectivity index (χ4n) is 3.41. The van der Waals surface area contributed by atoms with E-state index in [-0.39, 0.29) is 29.8 Å². The topological polar surface area (TPSA) is 104 Å². The maximum atomic E-state index is 12.9. The van der Waals surface area contributed by atoms with Gasteiger partial charge in [0.2, 0.25) is 5.43 Å². The van der Waals surface area contributed by atoms with Crippen LogP contribution in [-0.4, -0.2) is 45.6 Å². The second-order valence-electron chi connectivity index (χ2n) is 6.50. The Balaban J connectivity index is 1.61. The van der Waals surface area contributed by atoms with E-state index in [0.717, 1.165) is 0 Å². The standard InChI is InChI=1S/C18H17FN4O4/c19-11-3-1-10(2-4-11)7-21-17(26)12-8-22-9-13-20-5-6-23(13)18(27)14(22)16(25)15(12)24/h1-4,8,13,20,25H,5-7,9H2,(H,21,26). The summed E-state index contributed by atoms with van der Waals surface area (Å²) >= 11 is 0. The molecule has 1 saturated heterocycles. The minimum atomic E-state index is -0.892. The number of halogens is 1. The molecular formula is C18H17FN4O4. The van der Waals surface area contributed by atoms with Crippen molar-refractivity contribution in [1.29, 1.82) is 0 Å². The molecule has 2 aliphatic heterocycles. The molecule has 1 aromatic heterocycles. The highest BCUT2D eigenvalue weighted by Gasteiger charge is 2.38. The first-order chi connectivity index (χ1) is 13.0. The molecule has 2 aliphatic rings. The van der Waals surface area contributed by atoms with Crippen LogP contribution >= 0.6 is 0 Å². The summed E-state index contributed by atoms with van der Waals surface area (Å²) in [6.45, 7) is 1.54. The second-order valence-corrected chi connectivity index (χ2v) is 6.50. The molecule has 0 spiro atoms. The Bertz CT molecular complexity index is 986. The van der Waals surface area contributed by atoms with Crippen molar-refractivity contribution in [3.63, 3.8) is 0 Å². The zero-order valence-corrected chi connectivity index (χ0v) is 14.2. The third kappa shape index (κ3) is 2.95. The SMILES string of the molecule is O=C(NCc1ccc(F)cc1)c1cn2c(c(O)c1=O)C(=O)N1CCNC1C2. The lowest BCUT2D eigenvalue weighted by atomic mass is 10.1. The Labute approximate surface area is 153 Å². The maximum absolute atomic E-state index is 12.9. The largest absolute Gasteiger partial charge is 0.503 e. The number of nitrogens with one attached hydrogen (secondary N) is 2. The molecule has 1 unspecified atom stereocenters. The van der Waals surface area contributed by atoms with Crippen molar-refractivity contribution in [3.8, 4) is 5.75 Å². The normalized spacial score (nSPS) is 18.2. The molecule has 0 radical (unpaired) electrons. The van der Waals surface area contributed by atoms with Crippen LogP contribution in [0.5, 0.6) is 5.75 Å². The molecule has 0 bridgehead atoms. The third-order valence-electron chi connectivity index (χ3n) is 4.81. The molecule has 3 heterocycles. The third-order valence-corrected chi connectivity index (χ3v) is 4.81. The summed E-state index contributed by atoms with van der Waals surface area (Å²) < 4.78 is 14.4. The average Bonchev–Trinajstić information content (AvgIpc) is 3.12. The molecule has 2 aromatic rings. The highest BCUT2D eigenvalue weighted by atomic mass is 19.1. The minimum Gasteiger partial charge on any atom is -0.503 e. The van der Waals surface area contributed by atoms with Crippen LogP contribution in [0.25, 0.3) is 0 Å². The average molecular weight is 372 g/mol. The summed E-state index contributed by atoms with van der Waals surface area (Å²) in [5.74, 6) is -2.23. The van der Waals surface area contributed by atoms with E-state index >= 15 is 0 Å². The van der Waals surface area contributed by atoms with E-state index in [1.807, 2.05) is 0 Å². The van der Waals surface area contributed by atoms with Gasteiger partial charge in [0.15, 0.2) is 11.4 Å². The van der Waals surface area contributed by atoms with Gasteiger partial charge in [-0.25, -0.2) is 4.39 Å². The van der Waals surface area contributed by atoms with Gasteiger partial charge in [-0.05, 0) is 17.7 Å². The molecule has 9 heteroatoms. The summed E-state index contributed by atoms with van der Waals surface area (Å²) in [4.78, 5) is 38.9. The summed E-state index contributed by atoms with van der Waals surface area (Å²) in [7, 11) is 0. The van der Waals surface area contributed by atoms with E-state index in [9.17, 15) is 23.9 Å². The van der Waals surface area contributed by atoms with Crippen LogP contribution in [0.3, 0.4) is 0 Å². The second kappa shape index (κ2) is 6.51. The number of carbonyl (C=O) groups is 2. The lowest BCUT2D eigenvalue weighted by Crippen LogP contribution is -2.49. The van der Waals surface area contributed by atoms with Gasteiger partial charge in [0.25, 0.3) is 11.8 Å². The van der Waals surface area contributed by atoms with Gasteiger partial charge in [-0.2, -0.15) is 0 Å². The number of rotatable bonds is 3. The van der Waals surface area contributed by atoms with Gasteiger partial charge in [-0.15, -0.1) is 0 Å². The predicted octanol–water partition coefficient (Wildman–Crippen LogP) is 0.00810. The van der Waals surface area contributed by atoms with Crippen LogP contribution < -0.4 is 16.1 Å². The summed E-state index contributed by atoms with van der Waals surface area (Å²) in [5.41, 5.74) is -0.586. The zero-order chi connectivity index (χ0) is 19.1. The molecule has 0 aliphatic carbocycles. The Hall–Kier alpha value is -3.20. The molecule has 1 atom stereocenters. The molecule has 1 aromatic carbocycles. The monoisotopic (exact) mass is 372 g/mol. The fraction of sp³-hybridized carbons (Fsp3) is 0.278.